The van der Waals surface area contributed by atoms with Crippen LogP contribution in [-0.4, -0.2) is 17.0 Å². The van der Waals surface area contributed by atoms with E-state index in [-0.39, 0.29) is 18.4 Å². The first-order valence-electron chi connectivity index (χ1n) is 7.13. The normalized spacial score (nSPS) is 12.8. The molecule has 4 nitrogen and oxygen atoms in total. The zero-order valence-corrected chi connectivity index (χ0v) is 13.4. The Hall–Kier alpha value is -1.55. The lowest BCUT2D eigenvalue weighted by Gasteiger charge is -2.26. The lowest BCUT2D eigenvalue weighted by molar-refractivity contribution is -0.152. The summed E-state index contributed by atoms with van der Waals surface area (Å²) in [6.45, 7) is 5.44. The molecule has 0 fully saturated rings. The van der Waals surface area contributed by atoms with E-state index in [0.29, 0.717) is 17.9 Å². The summed E-state index contributed by atoms with van der Waals surface area (Å²) in [5.74, 6) is -1.17. The third kappa shape index (κ3) is 4.46. The van der Waals surface area contributed by atoms with Crippen molar-refractivity contribution in [3.63, 3.8) is 0 Å². The molecule has 0 aliphatic carbocycles. The van der Waals surface area contributed by atoms with Gasteiger partial charge in [0, 0.05) is 11.4 Å². The summed E-state index contributed by atoms with van der Waals surface area (Å²) >= 11 is 5.93. The molecule has 0 aliphatic heterocycles. The van der Waals surface area contributed by atoms with Crippen LogP contribution in [0.1, 0.15) is 51.6 Å². The standard InChI is InChI=1S/C16H22ClNO3/c1-4-16(5-2,15(20)21)10-14(19)18-11(3)12-7-6-8-13(17)9-12/h6-9,11H,4-5,10H2,1-3H3,(H,18,19)(H,20,21)/t11-/m1/s1. The molecule has 0 heterocycles. The number of amides is 1. The van der Waals surface area contributed by atoms with E-state index < -0.39 is 11.4 Å². The molecule has 0 saturated heterocycles. The lowest BCUT2D eigenvalue weighted by atomic mass is 9.79. The maximum Gasteiger partial charge on any atom is 0.310 e. The van der Waals surface area contributed by atoms with Gasteiger partial charge in [0.2, 0.25) is 5.91 Å². The average Bonchev–Trinajstić information content (AvgIpc) is 2.44. The number of benzene rings is 1. The Morgan fingerprint density at radius 3 is 2.43 bits per heavy atom. The van der Waals surface area contributed by atoms with Crippen LogP contribution in [0.15, 0.2) is 24.3 Å². The van der Waals surface area contributed by atoms with Crippen LogP contribution in [0.5, 0.6) is 0 Å². The molecule has 0 saturated carbocycles. The number of carboxylic acid groups (broad SMARTS) is 1. The highest BCUT2D eigenvalue weighted by atomic mass is 35.5. The molecule has 0 unspecified atom stereocenters. The van der Waals surface area contributed by atoms with Gasteiger partial charge in [-0.25, -0.2) is 0 Å². The fourth-order valence-corrected chi connectivity index (χ4v) is 2.54. The molecule has 0 bridgehead atoms. The van der Waals surface area contributed by atoms with Crippen molar-refractivity contribution < 1.29 is 14.7 Å². The maximum atomic E-state index is 12.1. The van der Waals surface area contributed by atoms with E-state index in [1.165, 1.54) is 0 Å². The molecule has 2 N–H and O–H groups in total. The number of carbonyl (C=O) groups excluding carboxylic acids is 1. The predicted molar refractivity (Wildman–Crippen MR) is 83.3 cm³/mol. The second-order valence-corrected chi connectivity index (χ2v) is 5.75. The third-order valence-corrected chi connectivity index (χ3v) is 4.27. The third-order valence-electron chi connectivity index (χ3n) is 4.03. The number of halogens is 1. The molecule has 1 aromatic carbocycles. The van der Waals surface area contributed by atoms with Crippen LogP contribution in [0.3, 0.4) is 0 Å². The summed E-state index contributed by atoms with van der Waals surface area (Å²) in [5, 5.41) is 12.8. The molecule has 1 aromatic rings. The monoisotopic (exact) mass is 311 g/mol. The van der Waals surface area contributed by atoms with Crippen LogP contribution in [0.4, 0.5) is 0 Å². The molecule has 0 radical (unpaired) electrons. The molecule has 5 heteroatoms. The minimum Gasteiger partial charge on any atom is -0.481 e. The van der Waals surface area contributed by atoms with Crippen molar-refractivity contribution in [3.05, 3.63) is 34.9 Å². The first-order chi connectivity index (χ1) is 9.84. The number of carboxylic acids is 1. The SMILES string of the molecule is CCC(CC)(CC(=O)N[C@H](C)c1cccc(Cl)c1)C(=O)O. The topological polar surface area (TPSA) is 66.4 Å². The van der Waals surface area contributed by atoms with Gasteiger partial charge in [-0.15, -0.1) is 0 Å². The highest BCUT2D eigenvalue weighted by Crippen LogP contribution is 2.31. The molecule has 1 rings (SSSR count). The number of rotatable bonds is 7. The van der Waals surface area contributed by atoms with E-state index in [1.54, 1.807) is 26.0 Å². The van der Waals surface area contributed by atoms with Crippen LogP contribution in [0.25, 0.3) is 0 Å². The Labute approximate surface area is 130 Å². The van der Waals surface area contributed by atoms with Crippen molar-refractivity contribution in [2.45, 2.75) is 46.1 Å². The molecule has 21 heavy (non-hydrogen) atoms. The number of hydrogen-bond donors (Lipinski definition) is 2. The van der Waals surface area contributed by atoms with Gasteiger partial charge in [-0.05, 0) is 37.5 Å². The summed E-state index contributed by atoms with van der Waals surface area (Å²) < 4.78 is 0. The minimum absolute atomic E-state index is 0.0137. The fourth-order valence-electron chi connectivity index (χ4n) is 2.34. The molecule has 0 spiro atoms. The Bertz CT molecular complexity index is 512. The van der Waals surface area contributed by atoms with Crippen LogP contribution in [0, 0.1) is 5.41 Å². The summed E-state index contributed by atoms with van der Waals surface area (Å²) in [6, 6.07) is 7.04. The van der Waals surface area contributed by atoms with E-state index >= 15 is 0 Å². The molecular formula is C16H22ClNO3. The maximum absolute atomic E-state index is 12.1. The Balaban J connectivity index is 2.75. The van der Waals surface area contributed by atoms with Crippen molar-refractivity contribution in [3.8, 4) is 0 Å². The highest BCUT2D eigenvalue weighted by Gasteiger charge is 2.37. The van der Waals surface area contributed by atoms with Crippen LogP contribution >= 0.6 is 11.6 Å². The van der Waals surface area contributed by atoms with Crippen molar-refractivity contribution >= 4 is 23.5 Å². The Morgan fingerprint density at radius 2 is 1.95 bits per heavy atom. The molecule has 0 aromatic heterocycles. The van der Waals surface area contributed by atoms with Gasteiger partial charge in [-0.2, -0.15) is 0 Å². The summed E-state index contributed by atoms with van der Waals surface area (Å²) in [6.07, 6.45) is 0.843. The van der Waals surface area contributed by atoms with Crippen molar-refractivity contribution in [1.82, 2.24) is 5.32 Å². The number of nitrogens with one attached hydrogen (secondary N) is 1. The van der Waals surface area contributed by atoms with Crippen molar-refractivity contribution in [2.24, 2.45) is 5.41 Å². The van der Waals surface area contributed by atoms with Gasteiger partial charge in [0.15, 0.2) is 0 Å². The van der Waals surface area contributed by atoms with E-state index in [0.717, 1.165) is 5.56 Å². The van der Waals surface area contributed by atoms with E-state index in [1.807, 2.05) is 19.1 Å². The van der Waals surface area contributed by atoms with Crippen LogP contribution < -0.4 is 5.32 Å². The van der Waals surface area contributed by atoms with E-state index in [4.69, 9.17) is 11.6 Å². The summed E-state index contributed by atoms with van der Waals surface area (Å²) in [4.78, 5) is 23.6. The van der Waals surface area contributed by atoms with Crippen LogP contribution in [0.2, 0.25) is 5.02 Å². The second-order valence-electron chi connectivity index (χ2n) is 5.31. The van der Waals surface area contributed by atoms with Gasteiger partial charge in [0.05, 0.1) is 11.5 Å². The largest absolute Gasteiger partial charge is 0.481 e. The van der Waals surface area contributed by atoms with E-state index in [2.05, 4.69) is 5.32 Å². The quantitative estimate of drug-likeness (QED) is 0.805. The van der Waals surface area contributed by atoms with Gasteiger partial charge in [-0.3, -0.25) is 9.59 Å². The zero-order valence-electron chi connectivity index (χ0n) is 12.6. The van der Waals surface area contributed by atoms with Gasteiger partial charge in [0.25, 0.3) is 0 Å². The molecule has 116 valence electrons. The first-order valence-corrected chi connectivity index (χ1v) is 7.50. The highest BCUT2D eigenvalue weighted by molar-refractivity contribution is 6.30. The Kier molecular flexibility index (Phi) is 6.21. The van der Waals surface area contributed by atoms with Gasteiger partial charge in [-0.1, -0.05) is 37.6 Å². The van der Waals surface area contributed by atoms with Gasteiger partial charge < -0.3 is 10.4 Å². The molecule has 1 atom stereocenters. The predicted octanol–water partition coefficient (Wildman–Crippen LogP) is 3.80. The first kappa shape index (κ1) is 17.5. The summed E-state index contributed by atoms with van der Waals surface area (Å²) in [7, 11) is 0. The number of hydrogen-bond acceptors (Lipinski definition) is 2. The number of aliphatic carboxylic acids is 1. The molecule has 0 aliphatic rings. The smallest absolute Gasteiger partial charge is 0.310 e. The molecular weight excluding hydrogens is 290 g/mol. The van der Waals surface area contributed by atoms with Crippen LogP contribution in [-0.2, 0) is 9.59 Å². The number of carbonyl (C=O) groups is 2. The molecule has 1 amide bonds. The van der Waals surface area contributed by atoms with E-state index in [9.17, 15) is 14.7 Å². The summed E-state index contributed by atoms with van der Waals surface area (Å²) in [5.41, 5.74) is -0.0947. The van der Waals surface area contributed by atoms with Crippen molar-refractivity contribution in [1.29, 1.82) is 0 Å². The zero-order chi connectivity index (χ0) is 16.0. The average molecular weight is 312 g/mol. The van der Waals surface area contributed by atoms with Gasteiger partial charge >= 0.3 is 5.97 Å². The fraction of sp³-hybridized carbons (Fsp3) is 0.500. The lowest BCUT2D eigenvalue weighted by Crippen LogP contribution is -2.37. The Morgan fingerprint density at radius 1 is 1.33 bits per heavy atom. The minimum atomic E-state index is -0.988. The van der Waals surface area contributed by atoms with Gasteiger partial charge in [0.1, 0.15) is 0 Å². The second kappa shape index (κ2) is 7.46. The van der Waals surface area contributed by atoms with Crippen molar-refractivity contribution in [2.75, 3.05) is 0 Å².